The van der Waals surface area contributed by atoms with Crippen LogP contribution in [-0.4, -0.2) is 44.9 Å². The zero-order chi connectivity index (χ0) is 14.5. The number of amides is 1. The average molecular weight is 329 g/mol. The third kappa shape index (κ3) is 4.50. The topological polar surface area (TPSA) is 68.8 Å². The van der Waals surface area contributed by atoms with Crippen LogP contribution >= 0.6 is 12.4 Å². The van der Waals surface area contributed by atoms with Crippen molar-refractivity contribution in [3.8, 4) is 11.5 Å². The second-order valence-corrected chi connectivity index (χ2v) is 5.18. The first-order chi connectivity index (χ1) is 10.3. The summed E-state index contributed by atoms with van der Waals surface area (Å²) in [5.41, 5.74) is 1.00. The molecule has 0 bridgehead atoms. The van der Waals surface area contributed by atoms with Gasteiger partial charge in [0.2, 0.25) is 5.91 Å². The molecule has 2 aliphatic heterocycles. The highest BCUT2D eigenvalue weighted by molar-refractivity contribution is 5.85. The molecule has 1 aromatic rings. The van der Waals surface area contributed by atoms with Gasteiger partial charge in [0.05, 0.1) is 13.2 Å². The van der Waals surface area contributed by atoms with Crippen LogP contribution in [-0.2, 0) is 16.1 Å². The molecule has 0 saturated carbocycles. The van der Waals surface area contributed by atoms with Gasteiger partial charge in [-0.15, -0.1) is 12.4 Å². The number of benzene rings is 1. The van der Waals surface area contributed by atoms with Crippen LogP contribution in [0.3, 0.4) is 0 Å². The van der Waals surface area contributed by atoms with Gasteiger partial charge in [0, 0.05) is 25.6 Å². The first-order valence-corrected chi connectivity index (χ1v) is 7.27. The van der Waals surface area contributed by atoms with Crippen LogP contribution in [0.25, 0.3) is 0 Å². The number of morpholine rings is 1. The normalized spacial score (nSPS) is 19.9. The molecule has 1 aromatic carbocycles. The Bertz CT molecular complexity index is 506. The zero-order valence-corrected chi connectivity index (χ0v) is 13.1. The van der Waals surface area contributed by atoms with Crippen molar-refractivity contribution in [1.29, 1.82) is 0 Å². The minimum absolute atomic E-state index is 0. The molecule has 2 aliphatic rings. The van der Waals surface area contributed by atoms with Crippen LogP contribution in [0.5, 0.6) is 11.5 Å². The number of ether oxygens (including phenoxy) is 3. The SMILES string of the molecule is Cl.O=C(CC1COCCN1)NCc1ccc2c(c1)OCCO2. The Kier molecular flexibility index (Phi) is 6.30. The maximum absolute atomic E-state index is 11.9. The largest absolute Gasteiger partial charge is 0.486 e. The van der Waals surface area contributed by atoms with Gasteiger partial charge in [-0.25, -0.2) is 0 Å². The van der Waals surface area contributed by atoms with E-state index in [0.717, 1.165) is 30.2 Å². The van der Waals surface area contributed by atoms with E-state index in [-0.39, 0.29) is 24.4 Å². The molecular weight excluding hydrogens is 308 g/mol. The number of rotatable bonds is 4. The number of nitrogens with one attached hydrogen (secondary N) is 2. The third-order valence-electron chi connectivity index (χ3n) is 3.53. The van der Waals surface area contributed by atoms with E-state index >= 15 is 0 Å². The van der Waals surface area contributed by atoms with Gasteiger partial charge < -0.3 is 24.8 Å². The van der Waals surface area contributed by atoms with E-state index < -0.39 is 0 Å². The van der Waals surface area contributed by atoms with Gasteiger partial charge in [0.25, 0.3) is 0 Å². The van der Waals surface area contributed by atoms with E-state index in [9.17, 15) is 4.79 Å². The highest BCUT2D eigenvalue weighted by Crippen LogP contribution is 2.30. The van der Waals surface area contributed by atoms with Crippen molar-refractivity contribution in [2.75, 3.05) is 33.0 Å². The van der Waals surface area contributed by atoms with Crippen molar-refractivity contribution < 1.29 is 19.0 Å². The Morgan fingerprint density at radius 3 is 2.82 bits per heavy atom. The minimum atomic E-state index is 0. The van der Waals surface area contributed by atoms with Crippen LogP contribution in [0.4, 0.5) is 0 Å². The fourth-order valence-corrected chi connectivity index (χ4v) is 2.45. The van der Waals surface area contributed by atoms with Crippen molar-refractivity contribution in [2.45, 2.75) is 19.0 Å². The van der Waals surface area contributed by atoms with Gasteiger partial charge in [-0.3, -0.25) is 4.79 Å². The van der Waals surface area contributed by atoms with Crippen molar-refractivity contribution >= 4 is 18.3 Å². The first kappa shape index (κ1) is 16.9. The molecule has 0 spiro atoms. The van der Waals surface area contributed by atoms with Gasteiger partial charge in [0.1, 0.15) is 13.2 Å². The molecule has 1 fully saturated rings. The predicted molar refractivity (Wildman–Crippen MR) is 83.8 cm³/mol. The molecule has 1 amide bonds. The molecule has 6 nitrogen and oxygen atoms in total. The summed E-state index contributed by atoms with van der Waals surface area (Å²) >= 11 is 0. The molecule has 0 radical (unpaired) electrons. The van der Waals surface area contributed by atoms with E-state index in [1.165, 1.54) is 0 Å². The minimum Gasteiger partial charge on any atom is -0.486 e. The lowest BCUT2D eigenvalue weighted by atomic mass is 10.1. The summed E-state index contributed by atoms with van der Waals surface area (Å²) in [4.78, 5) is 11.9. The fourth-order valence-electron chi connectivity index (χ4n) is 2.45. The lowest BCUT2D eigenvalue weighted by Crippen LogP contribution is -2.44. The zero-order valence-electron chi connectivity index (χ0n) is 12.3. The highest BCUT2D eigenvalue weighted by Gasteiger charge is 2.17. The van der Waals surface area contributed by atoms with E-state index in [1.54, 1.807) is 0 Å². The number of hydrogen-bond donors (Lipinski definition) is 2. The van der Waals surface area contributed by atoms with E-state index in [4.69, 9.17) is 14.2 Å². The number of carbonyl (C=O) groups excluding carboxylic acids is 1. The van der Waals surface area contributed by atoms with Gasteiger partial charge in [0.15, 0.2) is 11.5 Å². The number of fused-ring (bicyclic) bond motifs is 1. The number of hydrogen-bond acceptors (Lipinski definition) is 5. The second-order valence-electron chi connectivity index (χ2n) is 5.18. The highest BCUT2D eigenvalue weighted by atomic mass is 35.5. The van der Waals surface area contributed by atoms with Crippen molar-refractivity contribution in [3.63, 3.8) is 0 Å². The Morgan fingerprint density at radius 1 is 1.23 bits per heavy atom. The Labute approximate surface area is 135 Å². The Hall–Kier alpha value is -1.50. The summed E-state index contributed by atoms with van der Waals surface area (Å²) in [5.74, 6) is 1.53. The average Bonchev–Trinajstić information content (AvgIpc) is 2.54. The van der Waals surface area contributed by atoms with Crippen LogP contribution in [0.15, 0.2) is 18.2 Å². The summed E-state index contributed by atoms with van der Waals surface area (Å²) in [6.45, 7) is 3.76. The van der Waals surface area contributed by atoms with Gasteiger partial charge >= 0.3 is 0 Å². The molecule has 22 heavy (non-hydrogen) atoms. The van der Waals surface area contributed by atoms with Crippen molar-refractivity contribution in [1.82, 2.24) is 10.6 Å². The van der Waals surface area contributed by atoms with E-state index in [0.29, 0.717) is 32.8 Å². The van der Waals surface area contributed by atoms with E-state index in [2.05, 4.69) is 10.6 Å². The molecule has 0 aliphatic carbocycles. The van der Waals surface area contributed by atoms with E-state index in [1.807, 2.05) is 18.2 Å². The monoisotopic (exact) mass is 328 g/mol. The van der Waals surface area contributed by atoms with Crippen molar-refractivity contribution in [3.05, 3.63) is 23.8 Å². The molecule has 2 N–H and O–H groups in total. The lowest BCUT2D eigenvalue weighted by molar-refractivity contribution is -0.122. The van der Waals surface area contributed by atoms with Gasteiger partial charge in [-0.1, -0.05) is 6.07 Å². The lowest BCUT2D eigenvalue weighted by Gasteiger charge is -2.23. The standard InChI is InChI=1S/C15H20N2O4.ClH/c18-15(8-12-10-19-4-3-16-12)17-9-11-1-2-13-14(7-11)21-6-5-20-13;/h1-2,7,12,16H,3-6,8-10H2,(H,17,18);1H. The smallest absolute Gasteiger partial charge is 0.221 e. The third-order valence-corrected chi connectivity index (χ3v) is 3.53. The summed E-state index contributed by atoms with van der Waals surface area (Å²) in [5, 5.41) is 6.19. The molecule has 3 rings (SSSR count). The predicted octanol–water partition coefficient (Wildman–Crippen LogP) is 0.874. The van der Waals surface area contributed by atoms with Crippen molar-refractivity contribution in [2.24, 2.45) is 0 Å². The molecule has 1 unspecified atom stereocenters. The summed E-state index contributed by atoms with van der Waals surface area (Å²) in [7, 11) is 0. The molecule has 1 saturated heterocycles. The number of halogens is 1. The number of carbonyl (C=O) groups is 1. The van der Waals surface area contributed by atoms with Gasteiger partial charge in [-0.2, -0.15) is 0 Å². The molecule has 2 heterocycles. The van der Waals surface area contributed by atoms with Crippen LogP contribution in [0.1, 0.15) is 12.0 Å². The molecular formula is C15H21ClN2O4. The van der Waals surface area contributed by atoms with Crippen LogP contribution in [0.2, 0.25) is 0 Å². The van der Waals surface area contributed by atoms with Crippen LogP contribution in [0, 0.1) is 0 Å². The Balaban J connectivity index is 0.00000176. The second kappa shape index (κ2) is 8.22. The molecule has 7 heteroatoms. The van der Waals surface area contributed by atoms with Crippen LogP contribution < -0.4 is 20.1 Å². The molecule has 122 valence electrons. The Morgan fingerprint density at radius 2 is 2.05 bits per heavy atom. The first-order valence-electron chi connectivity index (χ1n) is 7.27. The maximum Gasteiger partial charge on any atom is 0.221 e. The molecule has 0 aromatic heterocycles. The summed E-state index contributed by atoms with van der Waals surface area (Å²) in [6, 6.07) is 5.85. The maximum atomic E-state index is 11.9. The van der Waals surface area contributed by atoms with Gasteiger partial charge in [-0.05, 0) is 17.7 Å². The molecule has 1 atom stereocenters. The summed E-state index contributed by atoms with van der Waals surface area (Å²) < 4.78 is 16.3. The quantitative estimate of drug-likeness (QED) is 0.858. The summed E-state index contributed by atoms with van der Waals surface area (Å²) in [6.07, 6.45) is 0.435. The fraction of sp³-hybridized carbons (Fsp3) is 0.533.